The molecule has 0 radical (unpaired) electrons. The van der Waals surface area contributed by atoms with Gasteiger partial charge in [-0.05, 0) is 37.8 Å². The van der Waals surface area contributed by atoms with Gasteiger partial charge in [-0.2, -0.15) is 0 Å². The van der Waals surface area contributed by atoms with Gasteiger partial charge in [0.05, 0.1) is 18.0 Å². The summed E-state index contributed by atoms with van der Waals surface area (Å²) in [6.45, 7) is 1.81. The number of sulfonamides is 1. The van der Waals surface area contributed by atoms with Crippen LogP contribution in [0.3, 0.4) is 0 Å². The summed E-state index contributed by atoms with van der Waals surface area (Å²) in [5.74, 6) is 0.388. The van der Waals surface area contributed by atoms with E-state index >= 15 is 0 Å². The Morgan fingerprint density at radius 1 is 1.38 bits per heavy atom. The van der Waals surface area contributed by atoms with Gasteiger partial charge in [-0.25, -0.2) is 13.2 Å². The van der Waals surface area contributed by atoms with Gasteiger partial charge >= 0.3 is 5.97 Å². The zero-order chi connectivity index (χ0) is 15.3. The van der Waals surface area contributed by atoms with Crippen LogP contribution in [0.15, 0.2) is 24.3 Å². The maximum atomic E-state index is 11.9. The largest absolute Gasteiger partial charge is 0.482 e. The molecule has 6 nitrogen and oxygen atoms in total. The molecule has 2 rings (SSSR count). The van der Waals surface area contributed by atoms with Crippen LogP contribution in [0.4, 0.5) is 5.69 Å². The van der Waals surface area contributed by atoms with E-state index in [-0.39, 0.29) is 18.3 Å². The molecule has 0 unspecified atom stereocenters. The lowest BCUT2D eigenvalue weighted by atomic mass is 10.3. The van der Waals surface area contributed by atoms with E-state index in [9.17, 15) is 13.2 Å². The molecule has 116 valence electrons. The number of rotatable bonds is 8. The summed E-state index contributed by atoms with van der Waals surface area (Å²) in [7, 11) is -3.33. The Balaban J connectivity index is 1.92. The van der Waals surface area contributed by atoms with Gasteiger partial charge in [-0.3, -0.25) is 4.72 Å². The topological polar surface area (TPSA) is 81.7 Å². The second-order valence-electron chi connectivity index (χ2n) is 4.95. The molecule has 0 bridgehead atoms. The third kappa shape index (κ3) is 5.63. The highest BCUT2D eigenvalue weighted by Crippen LogP contribution is 2.31. The van der Waals surface area contributed by atoms with Crippen LogP contribution in [-0.4, -0.2) is 33.4 Å². The van der Waals surface area contributed by atoms with Crippen LogP contribution >= 0.6 is 0 Å². The molecular weight excluding hydrogens is 294 g/mol. The number of esters is 1. The first-order valence-corrected chi connectivity index (χ1v) is 8.52. The van der Waals surface area contributed by atoms with Gasteiger partial charge < -0.3 is 9.47 Å². The molecule has 1 aromatic rings. The number of ether oxygens (including phenoxy) is 2. The number of carbonyl (C=O) groups is 1. The van der Waals surface area contributed by atoms with E-state index in [1.165, 1.54) is 0 Å². The van der Waals surface area contributed by atoms with Crippen molar-refractivity contribution in [2.45, 2.75) is 19.8 Å². The van der Waals surface area contributed by atoms with Gasteiger partial charge in [-0.15, -0.1) is 0 Å². The Hall–Kier alpha value is -1.76. The molecule has 1 aromatic carbocycles. The van der Waals surface area contributed by atoms with Crippen LogP contribution in [0, 0.1) is 5.92 Å². The van der Waals surface area contributed by atoms with E-state index in [2.05, 4.69) is 4.72 Å². The van der Waals surface area contributed by atoms with Gasteiger partial charge in [0.25, 0.3) is 0 Å². The van der Waals surface area contributed by atoms with Crippen molar-refractivity contribution in [2.24, 2.45) is 5.92 Å². The van der Waals surface area contributed by atoms with Crippen molar-refractivity contribution in [1.82, 2.24) is 0 Å². The van der Waals surface area contributed by atoms with Crippen molar-refractivity contribution in [2.75, 3.05) is 23.7 Å². The Kier molecular flexibility index (Phi) is 5.06. The Bertz CT molecular complexity index is 595. The second-order valence-corrected chi connectivity index (χ2v) is 6.72. The molecule has 0 aromatic heterocycles. The number of nitrogens with one attached hydrogen (secondary N) is 1. The molecule has 0 spiro atoms. The fourth-order valence-electron chi connectivity index (χ4n) is 1.81. The zero-order valence-electron chi connectivity index (χ0n) is 11.9. The van der Waals surface area contributed by atoms with Crippen molar-refractivity contribution in [3.63, 3.8) is 0 Å². The van der Waals surface area contributed by atoms with E-state index < -0.39 is 16.0 Å². The Morgan fingerprint density at radius 2 is 2.14 bits per heavy atom. The first-order valence-electron chi connectivity index (χ1n) is 6.87. The summed E-state index contributed by atoms with van der Waals surface area (Å²) in [4.78, 5) is 11.2. The highest BCUT2D eigenvalue weighted by molar-refractivity contribution is 7.92. The maximum absolute atomic E-state index is 11.9. The third-order valence-corrected chi connectivity index (χ3v) is 4.38. The van der Waals surface area contributed by atoms with Gasteiger partial charge in [-0.1, -0.05) is 6.07 Å². The molecule has 21 heavy (non-hydrogen) atoms. The summed E-state index contributed by atoms with van der Waals surface area (Å²) >= 11 is 0. The maximum Gasteiger partial charge on any atom is 0.344 e. The minimum Gasteiger partial charge on any atom is -0.482 e. The van der Waals surface area contributed by atoms with E-state index in [0.29, 0.717) is 18.0 Å². The minimum atomic E-state index is -3.33. The van der Waals surface area contributed by atoms with Crippen LogP contribution in [0.1, 0.15) is 19.8 Å². The predicted octanol–water partition coefficient (Wildman–Crippen LogP) is 1.78. The van der Waals surface area contributed by atoms with Crippen molar-refractivity contribution in [3.8, 4) is 5.75 Å². The van der Waals surface area contributed by atoms with Gasteiger partial charge in [0.15, 0.2) is 6.61 Å². The summed E-state index contributed by atoms with van der Waals surface area (Å²) in [6.07, 6.45) is 1.95. The summed E-state index contributed by atoms with van der Waals surface area (Å²) < 4.78 is 36.3. The summed E-state index contributed by atoms with van der Waals surface area (Å²) in [5, 5.41) is 0. The number of hydrogen-bond donors (Lipinski definition) is 1. The molecule has 1 fully saturated rings. The fourth-order valence-corrected chi connectivity index (χ4v) is 3.33. The van der Waals surface area contributed by atoms with E-state index in [1.54, 1.807) is 31.2 Å². The van der Waals surface area contributed by atoms with E-state index in [4.69, 9.17) is 9.47 Å². The van der Waals surface area contributed by atoms with Crippen molar-refractivity contribution in [3.05, 3.63) is 24.3 Å². The average molecular weight is 313 g/mol. The quantitative estimate of drug-likeness (QED) is 0.740. The highest BCUT2D eigenvalue weighted by Gasteiger charge is 2.27. The van der Waals surface area contributed by atoms with Gasteiger partial charge in [0, 0.05) is 6.07 Å². The minimum absolute atomic E-state index is 0.154. The third-order valence-electron chi connectivity index (χ3n) is 2.92. The molecular formula is C14H19NO5S. The Morgan fingerprint density at radius 3 is 2.81 bits per heavy atom. The smallest absolute Gasteiger partial charge is 0.344 e. The predicted molar refractivity (Wildman–Crippen MR) is 78.7 cm³/mol. The van der Waals surface area contributed by atoms with Crippen LogP contribution in [0.5, 0.6) is 5.75 Å². The Labute approximate surface area is 124 Å². The average Bonchev–Trinajstić information content (AvgIpc) is 3.20. The molecule has 0 heterocycles. The molecule has 1 N–H and O–H groups in total. The number of benzene rings is 1. The number of carbonyl (C=O) groups excluding carboxylic acids is 1. The molecule has 1 aliphatic rings. The summed E-state index contributed by atoms with van der Waals surface area (Å²) in [5.41, 5.74) is 0.428. The standard InChI is InChI=1S/C14H19NO5S/c1-2-19-14(16)9-20-13-5-3-4-12(8-13)15-21(17,18)10-11-6-7-11/h3-5,8,11,15H,2,6-7,9-10H2,1H3. The molecule has 0 atom stereocenters. The van der Waals surface area contributed by atoms with Crippen LogP contribution < -0.4 is 9.46 Å². The lowest BCUT2D eigenvalue weighted by Crippen LogP contribution is -2.18. The molecule has 0 amide bonds. The van der Waals surface area contributed by atoms with Crippen molar-refractivity contribution >= 4 is 21.7 Å². The van der Waals surface area contributed by atoms with Crippen LogP contribution in [-0.2, 0) is 19.6 Å². The summed E-state index contributed by atoms with van der Waals surface area (Å²) in [6, 6.07) is 6.50. The number of hydrogen-bond acceptors (Lipinski definition) is 5. The lowest BCUT2D eigenvalue weighted by Gasteiger charge is -2.10. The molecule has 0 saturated heterocycles. The fraction of sp³-hybridized carbons (Fsp3) is 0.500. The highest BCUT2D eigenvalue weighted by atomic mass is 32.2. The molecule has 0 aliphatic heterocycles. The molecule has 1 aliphatic carbocycles. The van der Waals surface area contributed by atoms with E-state index in [1.807, 2.05) is 0 Å². The molecule has 1 saturated carbocycles. The van der Waals surface area contributed by atoms with Crippen molar-refractivity contribution in [1.29, 1.82) is 0 Å². The molecule has 7 heteroatoms. The lowest BCUT2D eigenvalue weighted by molar-refractivity contribution is -0.145. The zero-order valence-corrected chi connectivity index (χ0v) is 12.7. The van der Waals surface area contributed by atoms with E-state index in [0.717, 1.165) is 12.8 Å². The second kappa shape index (κ2) is 6.80. The normalized spacial score (nSPS) is 14.5. The number of anilines is 1. The van der Waals surface area contributed by atoms with Gasteiger partial charge in [0.2, 0.25) is 10.0 Å². The monoisotopic (exact) mass is 313 g/mol. The first kappa shape index (κ1) is 15.6. The van der Waals surface area contributed by atoms with Crippen molar-refractivity contribution < 1.29 is 22.7 Å². The van der Waals surface area contributed by atoms with Crippen LogP contribution in [0.25, 0.3) is 0 Å². The SMILES string of the molecule is CCOC(=O)COc1cccc(NS(=O)(=O)CC2CC2)c1. The van der Waals surface area contributed by atoms with Crippen LogP contribution in [0.2, 0.25) is 0 Å². The first-order chi connectivity index (χ1) is 9.98. The van der Waals surface area contributed by atoms with Gasteiger partial charge in [0.1, 0.15) is 5.75 Å².